The highest BCUT2D eigenvalue weighted by atomic mass is 16.3. The van der Waals surface area contributed by atoms with Crippen molar-refractivity contribution < 1.29 is 14.7 Å². The van der Waals surface area contributed by atoms with E-state index in [2.05, 4.69) is 10.3 Å². The normalized spacial score (nSPS) is 9.50. The van der Waals surface area contributed by atoms with Crippen LogP contribution in [0.15, 0.2) is 18.3 Å². The lowest BCUT2D eigenvalue weighted by atomic mass is 10.3. The monoisotopic (exact) mass is 194 g/mol. The molecule has 0 aromatic carbocycles. The second-order valence-electron chi connectivity index (χ2n) is 2.80. The SMILES string of the molecule is CC(=O)CC(=O)Nc1ncccc1O. The molecular formula is C9H10N2O3. The highest BCUT2D eigenvalue weighted by Crippen LogP contribution is 2.18. The zero-order valence-corrected chi connectivity index (χ0v) is 7.65. The van der Waals surface area contributed by atoms with Crippen LogP contribution in [0, 0.1) is 0 Å². The number of aromatic nitrogens is 1. The molecule has 74 valence electrons. The van der Waals surface area contributed by atoms with Crippen molar-refractivity contribution >= 4 is 17.5 Å². The van der Waals surface area contributed by atoms with Crippen LogP contribution in [0.25, 0.3) is 0 Å². The van der Waals surface area contributed by atoms with Gasteiger partial charge in [0, 0.05) is 6.20 Å². The summed E-state index contributed by atoms with van der Waals surface area (Å²) in [4.78, 5) is 25.4. The number of nitrogens with one attached hydrogen (secondary N) is 1. The largest absolute Gasteiger partial charge is 0.504 e. The molecule has 0 fully saturated rings. The van der Waals surface area contributed by atoms with Crippen molar-refractivity contribution in [2.24, 2.45) is 0 Å². The van der Waals surface area contributed by atoms with Crippen molar-refractivity contribution in [3.05, 3.63) is 18.3 Å². The van der Waals surface area contributed by atoms with Gasteiger partial charge in [0.05, 0.1) is 6.42 Å². The zero-order chi connectivity index (χ0) is 10.6. The highest BCUT2D eigenvalue weighted by molar-refractivity contribution is 6.03. The second-order valence-corrected chi connectivity index (χ2v) is 2.80. The van der Waals surface area contributed by atoms with Gasteiger partial charge in [0.2, 0.25) is 5.91 Å². The van der Waals surface area contributed by atoms with Crippen LogP contribution in [0.5, 0.6) is 5.75 Å². The first-order valence-corrected chi connectivity index (χ1v) is 4.03. The molecule has 0 radical (unpaired) electrons. The first-order valence-electron chi connectivity index (χ1n) is 4.03. The summed E-state index contributed by atoms with van der Waals surface area (Å²) in [5.41, 5.74) is 0. The Kier molecular flexibility index (Phi) is 3.17. The Labute approximate surface area is 80.8 Å². The Hall–Kier alpha value is -1.91. The minimum Gasteiger partial charge on any atom is -0.504 e. The molecule has 0 atom stereocenters. The first-order chi connectivity index (χ1) is 6.59. The van der Waals surface area contributed by atoms with Crippen molar-refractivity contribution in [1.29, 1.82) is 0 Å². The van der Waals surface area contributed by atoms with Gasteiger partial charge in [0.25, 0.3) is 0 Å². The number of hydrogen-bond donors (Lipinski definition) is 2. The number of pyridine rings is 1. The Morgan fingerprint density at radius 3 is 2.86 bits per heavy atom. The van der Waals surface area contributed by atoms with Gasteiger partial charge < -0.3 is 10.4 Å². The number of carbonyl (C=O) groups is 2. The molecule has 0 saturated heterocycles. The highest BCUT2D eigenvalue weighted by Gasteiger charge is 2.08. The minimum absolute atomic E-state index is 0.0683. The molecular weight excluding hydrogens is 184 g/mol. The Morgan fingerprint density at radius 2 is 2.29 bits per heavy atom. The van der Waals surface area contributed by atoms with E-state index in [1.165, 1.54) is 25.3 Å². The smallest absolute Gasteiger partial charge is 0.233 e. The first kappa shape index (κ1) is 10.2. The Bertz CT molecular complexity index is 363. The molecule has 1 amide bonds. The van der Waals surface area contributed by atoms with E-state index >= 15 is 0 Å². The molecule has 5 nitrogen and oxygen atoms in total. The summed E-state index contributed by atoms with van der Waals surface area (Å²) in [7, 11) is 0. The van der Waals surface area contributed by atoms with E-state index < -0.39 is 5.91 Å². The molecule has 1 aromatic rings. The summed E-state index contributed by atoms with van der Waals surface area (Å²) in [6, 6.07) is 2.94. The van der Waals surface area contributed by atoms with Crippen LogP contribution in [0.1, 0.15) is 13.3 Å². The van der Waals surface area contributed by atoms with Crippen LogP contribution < -0.4 is 5.32 Å². The van der Waals surface area contributed by atoms with E-state index in [0.29, 0.717) is 0 Å². The van der Waals surface area contributed by atoms with Crippen molar-refractivity contribution in [2.45, 2.75) is 13.3 Å². The average molecular weight is 194 g/mol. The van der Waals surface area contributed by atoms with Crippen molar-refractivity contribution in [1.82, 2.24) is 4.98 Å². The van der Waals surface area contributed by atoms with Crippen molar-refractivity contribution in [2.75, 3.05) is 5.32 Å². The summed E-state index contributed by atoms with van der Waals surface area (Å²) in [5.74, 6) is -0.771. The van der Waals surface area contributed by atoms with Crippen LogP contribution >= 0.6 is 0 Å². The summed E-state index contributed by atoms with van der Waals surface area (Å²) in [5, 5.41) is 11.6. The number of carbonyl (C=O) groups excluding carboxylic acids is 2. The van der Waals surface area contributed by atoms with Gasteiger partial charge in [-0.1, -0.05) is 0 Å². The second kappa shape index (κ2) is 4.36. The maximum Gasteiger partial charge on any atom is 0.233 e. The standard InChI is InChI=1S/C9H10N2O3/c1-6(12)5-8(14)11-9-7(13)3-2-4-10-9/h2-4,13H,5H2,1H3,(H,10,11,14). The van der Waals surface area contributed by atoms with Gasteiger partial charge in [-0.3, -0.25) is 9.59 Å². The van der Waals surface area contributed by atoms with E-state index in [-0.39, 0.29) is 23.8 Å². The maximum atomic E-state index is 11.1. The van der Waals surface area contributed by atoms with Gasteiger partial charge in [-0.25, -0.2) is 4.98 Å². The fourth-order valence-electron chi connectivity index (χ4n) is 0.895. The third-order valence-electron chi connectivity index (χ3n) is 1.45. The molecule has 14 heavy (non-hydrogen) atoms. The Balaban J connectivity index is 2.65. The minimum atomic E-state index is -0.480. The van der Waals surface area contributed by atoms with Crippen LogP contribution in [-0.2, 0) is 9.59 Å². The topological polar surface area (TPSA) is 79.3 Å². The zero-order valence-electron chi connectivity index (χ0n) is 7.65. The van der Waals surface area contributed by atoms with Crippen molar-refractivity contribution in [3.8, 4) is 5.75 Å². The van der Waals surface area contributed by atoms with E-state index in [1.54, 1.807) is 0 Å². The number of aromatic hydroxyl groups is 1. The molecule has 1 aromatic heterocycles. The van der Waals surface area contributed by atoms with E-state index in [9.17, 15) is 14.7 Å². The van der Waals surface area contributed by atoms with Crippen LogP contribution in [0.2, 0.25) is 0 Å². The quantitative estimate of drug-likeness (QED) is 0.694. The molecule has 0 spiro atoms. The van der Waals surface area contributed by atoms with Gasteiger partial charge in [-0.15, -0.1) is 0 Å². The van der Waals surface area contributed by atoms with Crippen molar-refractivity contribution in [3.63, 3.8) is 0 Å². The molecule has 1 heterocycles. The number of anilines is 1. The fourth-order valence-corrected chi connectivity index (χ4v) is 0.895. The van der Waals surface area contributed by atoms with Gasteiger partial charge in [0.1, 0.15) is 5.78 Å². The van der Waals surface area contributed by atoms with Gasteiger partial charge in [-0.2, -0.15) is 0 Å². The summed E-state index contributed by atoms with van der Waals surface area (Å²) >= 11 is 0. The van der Waals surface area contributed by atoms with E-state index in [1.807, 2.05) is 0 Å². The molecule has 1 rings (SSSR count). The molecule has 5 heteroatoms. The van der Waals surface area contributed by atoms with E-state index in [4.69, 9.17) is 0 Å². The lowest BCUT2D eigenvalue weighted by molar-refractivity contribution is -0.124. The summed E-state index contributed by atoms with van der Waals surface area (Å²) < 4.78 is 0. The third kappa shape index (κ3) is 2.85. The number of nitrogens with zero attached hydrogens (tertiary/aromatic N) is 1. The van der Waals surface area contributed by atoms with Crippen LogP contribution in [0.3, 0.4) is 0 Å². The van der Waals surface area contributed by atoms with E-state index in [0.717, 1.165) is 0 Å². The van der Waals surface area contributed by atoms with Gasteiger partial charge >= 0.3 is 0 Å². The summed E-state index contributed by atoms with van der Waals surface area (Å²) in [6.07, 6.45) is 1.22. The molecule has 0 aliphatic rings. The number of hydrogen-bond acceptors (Lipinski definition) is 4. The number of Topliss-reactive ketones (excluding diaryl/α,β-unsaturated/α-hetero) is 1. The Morgan fingerprint density at radius 1 is 1.57 bits per heavy atom. The van der Waals surface area contributed by atoms with Crippen LogP contribution in [0.4, 0.5) is 5.82 Å². The summed E-state index contributed by atoms with van der Waals surface area (Å²) in [6.45, 7) is 1.32. The lowest BCUT2D eigenvalue weighted by Crippen LogP contribution is -2.15. The molecule has 2 N–H and O–H groups in total. The van der Waals surface area contributed by atoms with Crippen LogP contribution in [-0.4, -0.2) is 21.8 Å². The number of ketones is 1. The predicted octanol–water partition coefficient (Wildman–Crippen LogP) is 0.705. The molecule has 0 bridgehead atoms. The predicted molar refractivity (Wildman–Crippen MR) is 49.8 cm³/mol. The fraction of sp³-hybridized carbons (Fsp3) is 0.222. The average Bonchev–Trinajstić information content (AvgIpc) is 2.07. The molecule has 0 aliphatic heterocycles. The molecule has 0 saturated carbocycles. The lowest BCUT2D eigenvalue weighted by Gasteiger charge is -2.03. The molecule has 0 aliphatic carbocycles. The van der Waals surface area contributed by atoms with Gasteiger partial charge in [0.15, 0.2) is 11.6 Å². The number of rotatable bonds is 3. The number of amides is 1. The maximum absolute atomic E-state index is 11.1. The van der Waals surface area contributed by atoms with Gasteiger partial charge in [-0.05, 0) is 19.1 Å². The molecule has 0 unspecified atom stereocenters. The third-order valence-corrected chi connectivity index (χ3v) is 1.45.